The summed E-state index contributed by atoms with van der Waals surface area (Å²) in [5.41, 5.74) is 0.0883. The Morgan fingerprint density at radius 1 is 1.20 bits per heavy atom. The van der Waals surface area contributed by atoms with Gasteiger partial charge in [-0.2, -0.15) is 0 Å². The van der Waals surface area contributed by atoms with Crippen LogP contribution in [0.5, 0.6) is 5.75 Å². The first-order valence-electron chi connectivity index (χ1n) is 9.16. The van der Waals surface area contributed by atoms with Gasteiger partial charge in [-0.05, 0) is 40.9 Å². The topological polar surface area (TPSA) is 50.8 Å². The van der Waals surface area contributed by atoms with Crippen molar-refractivity contribution in [2.45, 2.75) is 37.6 Å². The molecule has 0 radical (unpaired) electrons. The van der Waals surface area contributed by atoms with Crippen LogP contribution >= 0.6 is 15.9 Å². The number of carbonyl (C=O) groups excluding carboxylic acids is 1. The molecule has 5 nitrogen and oxygen atoms in total. The molecule has 1 aromatic rings. The number of ether oxygens (including phenoxy) is 2. The monoisotopic (exact) mass is 410 g/mol. The van der Waals surface area contributed by atoms with E-state index in [0.717, 1.165) is 43.6 Å². The van der Waals surface area contributed by atoms with Crippen LogP contribution in [0.2, 0.25) is 0 Å². The lowest BCUT2D eigenvalue weighted by Gasteiger charge is -2.48. The molecule has 1 aliphatic carbocycles. The molecule has 1 saturated heterocycles. The molecule has 2 fully saturated rings. The largest absolute Gasteiger partial charge is 0.483 e. The van der Waals surface area contributed by atoms with Gasteiger partial charge < -0.3 is 14.8 Å². The number of rotatable bonds is 6. The third-order valence-corrected chi connectivity index (χ3v) is 5.93. The Balaban J connectivity index is 1.53. The lowest BCUT2D eigenvalue weighted by molar-refractivity contribution is -0.124. The van der Waals surface area contributed by atoms with Crippen molar-refractivity contribution in [2.75, 3.05) is 39.5 Å². The van der Waals surface area contributed by atoms with Crippen molar-refractivity contribution < 1.29 is 14.3 Å². The molecular formula is C19H27BrN2O3. The van der Waals surface area contributed by atoms with Crippen molar-refractivity contribution in [3.63, 3.8) is 0 Å². The molecule has 0 unspecified atom stereocenters. The lowest BCUT2D eigenvalue weighted by atomic mass is 9.79. The highest BCUT2D eigenvalue weighted by molar-refractivity contribution is 9.10. The van der Waals surface area contributed by atoms with Gasteiger partial charge >= 0.3 is 0 Å². The number of nitrogens with one attached hydrogen (secondary N) is 1. The van der Waals surface area contributed by atoms with E-state index in [4.69, 9.17) is 9.47 Å². The molecule has 0 atom stereocenters. The number of nitrogens with zero attached hydrogens (tertiary/aromatic N) is 1. The quantitative estimate of drug-likeness (QED) is 0.782. The minimum atomic E-state index is -0.0611. The summed E-state index contributed by atoms with van der Waals surface area (Å²) < 4.78 is 12.0. The van der Waals surface area contributed by atoms with Gasteiger partial charge in [0.15, 0.2) is 6.61 Å². The van der Waals surface area contributed by atoms with Gasteiger partial charge in [0.25, 0.3) is 5.91 Å². The van der Waals surface area contributed by atoms with Gasteiger partial charge in [-0.15, -0.1) is 0 Å². The zero-order valence-corrected chi connectivity index (χ0v) is 16.2. The van der Waals surface area contributed by atoms with Crippen LogP contribution in [0.4, 0.5) is 0 Å². The van der Waals surface area contributed by atoms with Gasteiger partial charge in [0.05, 0.1) is 17.7 Å². The maximum Gasteiger partial charge on any atom is 0.258 e. The Kier molecular flexibility index (Phi) is 6.73. The van der Waals surface area contributed by atoms with Crippen molar-refractivity contribution >= 4 is 21.8 Å². The number of carbonyl (C=O) groups is 1. The molecule has 2 aliphatic rings. The van der Waals surface area contributed by atoms with Crippen molar-refractivity contribution in [2.24, 2.45) is 0 Å². The van der Waals surface area contributed by atoms with E-state index in [2.05, 4.69) is 26.1 Å². The molecule has 1 heterocycles. The van der Waals surface area contributed by atoms with Crippen molar-refractivity contribution in [1.82, 2.24) is 10.2 Å². The van der Waals surface area contributed by atoms with Gasteiger partial charge in [-0.3, -0.25) is 9.69 Å². The molecule has 25 heavy (non-hydrogen) atoms. The lowest BCUT2D eigenvalue weighted by Crippen LogP contribution is -2.60. The van der Waals surface area contributed by atoms with Crippen molar-refractivity contribution in [1.29, 1.82) is 0 Å². The van der Waals surface area contributed by atoms with Gasteiger partial charge in [0, 0.05) is 25.2 Å². The van der Waals surface area contributed by atoms with E-state index in [9.17, 15) is 4.79 Å². The van der Waals surface area contributed by atoms with E-state index in [0.29, 0.717) is 12.3 Å². The molecule has 0 spiro atoms. The predicted molar refractivity (Wildman–Crippen MR) is 101 cm³/mol. The first-order chi connectivity index (χ1) is 12.2. The predicted octanol–water partition coefficient (Wildman–Crippen LogP) is 2.98. The maximum absolute atomic E-state index is 12.3. The highest BCUT2D eigenvalue weighted by Crippen LogP contribution is 2.33. The summed E-state index contributed by atoms with van der Waals surface area (Å²) in [7, 11) is 0. The Labute approximate surface area is 158 Å². The van der Waals surface area contributed by atoms with E-state index in [1.165, 1.54) is 19.3 Å². The van der Waals surface area contributed by atoms with Crippen LogP contribution < -0.4 is 10.1 Å². The molecule has 1 amide bonds. The van der Waals surface area contributed by atoms with Gasteiger partial charge in [0.1, 0.15) is 5.75 Å². The summed E-state index contributed by atoms with van der Waals surface area (Å²) in [5.74, 6) is 0.632. The fraction of sp³-hybridized carbons (Fsp3) is 0.632. The van der Waals surface area contributed by atoms with Gasteiger partial charge in [0.2, 0.25) is 0 Å². The molecular weight excluding hydrogens is 384 g/mol. The second-order valence-corrected chi connectivity index (χ2v) is 7.73. The number of hydrogen-bond acceptors (Lipinski definition) is 4. The minimum Gasteiger partial charge on any atom is -0.483 e. The smallest absolute Gasteiger partial charge is 0.258 e. The SMILES string of the molecule is O=C(COc1ccccc1Br)NCC1(N2CCOCC2)CCCCC1. The van der Waals surface area contributed by atoms with E-state index < -0.39 is 0 Å². The molecule has 6 heteroatoms. The molecule has 1 saturated carbocycles. The Bertz CT molecular complexity index is 570. The van der Waals surface area contributed by atoms with E-state index in [1.807, 2.05) is 24.3 Å². The zero-order valence-electron chi connectivity index (χ0n) is 14.6. The van der Waals surface area contributed by atoms with Crippen molar-refractivity contribution in [3.8, 4) is 5.75 Å². The Morgan fingerprint density at radius 3 is 2.64 bits per heavy atom. The minimum absolute atomic E-state index is 0.0435. The third kappa shape index (κ3) is 4.96. The van der Waals surface area contributed by atoms with Gasteiger partial charge in [-0.25, -0.2) is 0 Å². The van der Waals surface area contributed by atoms with Crippen LogP contribution in [-0.2, 0) is 9.53 Å². The summed E-state index contributed by atoms with van der Waals surface area (Å²) in [4.78, 5) is 14.8. The average molecular weight is 411 g/mol. The van der Waals surface area contributed by atoms with Crippen LogP contribution in [0.15, 0.2) is 28.7 Å². The number of benzene rings is 1. The average Bonchev–Trinajstić information content (AvgIpc) is 2.67. The number of para-hydroxylation sites is 1. The second-order valence-electron chi connectivity index (χ2n) is 6.88. The molecule has 1 aliphatic heterocycles. The Morgan fingerprint density at radius 2 is 1.92 bits per heavy atom. The third-order valence-electron chi connectivity index (χ3n) is 5.28. The molecule has 0 aromatic heterocycles. The summed E-state index contributed by atoms with van der Waals surface area (Å²) in [6, 6.07) is 7.58. The number of amides is 1. The first-order valence-corrected chi connectivity index (χ1v) is 9.96. The summed E-state index contributed by atoms with van der Waals surface area (Å²) in [6.45, 7) is 4.25. The van der Waals surface area contributed by atoms with E-state index in [-0.39, 0.29) is 18.1 Å². The zero-order chi connectivity index (χ0) is 17.5. The Hall–Kier alpha value is -1.11. The molecule has 0 bridgehead atoms. The van der Waals surface area contributed by atoms with Crippen LogP contribution in [0.1, 0.15) is 32.1 Å². The molecule has 138 valence electrons. The van der Waals surface area contributed by atoms with Crippen LogP contribution in [0.3, 0.4) is 0 Å². The van der Waals surface area contributed by atoms with Crippen molar-refractivity contribution in [3.05, 3.63) is 28.7 Å². The molecule has 3 rings (SSSR count). The van der Waals surface area contributed by atoms with Gasteiger partial charge in [-0.1, -0.05) is 31.4 Å². The highest BCUT2D eigenvalue weighted by Gasteiger charge is 2.38. The number of morpholine rings is 1. The van der Waals surface area contributed by atoms with E-state index >= 15 is 0 Å². The van der Waals surface area contributed by atoms with E-state index in [1.54, 1.807) is 0 Å². The van der Waals surface area contributed by atoms with Crippen LogP contribution in [0, 0.1) is 0 Å². The fourth-order valence-electron chi connectivity index (χ4n) is 3.87. The maximum atomic E-state index is 12.3. The standard InChI is InChI=1S/C19H27BrN2O3/c20-16-6-2-3-7-17(16)25-14-18(23)21-15-19(8-4-1-5-9-19)22-10-12-24-13-11-22/h2-3,6-7H,1,4-5,8-15H2,(H,21,23). The fourth-order valence-corrected chi connectivity index (χ4v) is 4.27. The normalized spacial score (nSPS) is 20.8. The highest BCUT2D eigenvalue weighted by atomic mass is 79.9. The van der Waals surface area contributed by atoms with Crippen LogP contribution in [-0.4, -0.2) is 55.8 Å². The van der Waals surface area contributed by atoms with Crippen LogP contribution in [0.25, 0.3) is 0 Å². The molecule has 1 aromatic carbocycles. The summed E-state index contributed by atoms with van der Waals surface area (Å²) in [6.07, 6.45) is 6.07. The summed E-state index contributed by atoms with van der Waals surface area (Å²) >= 11 is 3.43. The molecule has 1 N–H and O–H groups in total. The first kappa shape index (κ1) is 18.7. The second kappa shape index (κ2) is 9.01. The summed E-state index contributed by atoms with van der Waals surface area (Å²) in [5, 5.41) is 3.12. The number of hydrogen-bond donors (Lipinski definition) is 1. The number of halogens is 1.